The van der Waals surface area contributed by atoms with E-state index in [1.807, 2.05) is 22.9 Å². The van der Waals surface area contributed by atoms with Crippen molar-refractivity contribution >= 4 is 5.82 Å². The van der Waals surface area contributed by atoms with Crippen LogP contribution in [0.4, 0.5) is 5.82 Å². The Kier molecular flexibility index (Phi) is 3.84. The number of anilines is 1. The minimum Gasteiger partial charge on any atom is -0.497 e. The maximum absolute atomic E-state index is 5.58. The van der Waals surface area contributed by atoms with Gasteiger partial charge in [-0.05, 0) is 37.6 Å². The lowest BCUT2D eigenvalue weighted by molar-refractivity contribution is 0.395. The summed E-state index contributed by atoms with van der Waals surface area (Å²) in [6.07, 6.45) is 0.950. The first-order valence-electron chi connectivity index (χ1n) is 8.36. The molecule has 1 N–H and O–H groups in total. The van der Waals surface area contributed by atoms with Crippen molar-refractivity contribution in [2.24, 2.45) is 0 Å². The summed E-state index contributed by atoms with van der Waals surface area (Å²) < 4.78 is 12.9. The van der Waals surface area contributed by atoms with Crippen LogP contribution in [0.25, 0.3) is 16.9 Å². The van der Waals surface area contributed by atoms with Crippen molar-refractivity contribution in [2.45, 2.75) is 13.3 Å². The van der Waals surface area contributed by atoms with E-state index in [1.165, 1.54) is 11.1 Å². The first-order valence-corrected chi connectivity index (χ1v) is 8.36. The molecule has 0 atom stereocenters. The highest BCUT2D eigenvalue weighted by Crippen LogP contribution is 2.39. The molecule has 1 aromatic heterocycles. The molecule has 1 aliphatic rings. The summed E-state index contributed by atoms with van der Waals surface area (Å²) in [5.41, 5.74) is 5.45. The van der Waals surface area contributed by atoms with Gasteiger partial charge in [0.15, 0.2) is 0 Å². The second-order valence-electron chi connectivity index (χ2n) is 6.17. The Hall–Kier alpha value is -2.95. The second-order valence-corrected chi connectivity index (χ2v) is 6.17. The van der Waals surface area contributed by atoms with E-state index in [2.05, 4.69) is 36.5 Å². The predicted molar refractivity (Wildman–Crippen MR) is 99.0 cm³/mol. The van der Waals surface area contributed by atoms with Crippen molar-refractivity contribution in [1.82, 2.24) is 9.78 Å². The Morgan fingerprint density at radius 3 is 2.56 bits per heavy atom. The number of aromatic nitrogens is 2. The lowest BCUT2D eigenvalue weighted by Crippen LogP contribution is -2.04. The Bertz CT molecular complexity index is 913. The van der Waals surface area contributed by atoms with Crippen LogP contribution in [0.15, 0.2) is 42.5 Å². The second kappa shape index (κ2) is 6.16. The van der Waals surface area contributed by atoms with Crippen LogP contribution < -0.4 is 14.8 Å². The Labute approximate surface area is 147 Å². The molecule has 0 fully saturated rings. The van der Waals surface area contributed by atoms with Crippen LogP contribution in [0.5, 0.6) is 11.5 Å². The minimum absolute atomic E-state index is 0.766. The fourth-order valence-electron chi connectivity index (χ4n) is 3.26. The highest BCUT2D eigenvalue weighted by atomic mass is 16.5. The Balaban J connectivity index is 1.87. The summed E-state index contributed by atoms with van der Waals surface area (Å²) in [4.78, 5) is 0. The number of aryl methyl sites for hydroxylation is 1. The van der Waals surface area contributed by atoms with Crippen LogP contribution in [0.3, 0.4) is 0 Å². The molecule has 128 valence electrons. The number of ether oxygens (including phenoxy) is 2. The zero-order valence-electron chi connectivity index (χ0n) is 14.7. The van der Waals surface area contributed by atoms with Crippen LogP contribution in [0, 0.1) is 6.92 Å². The number of fused-ring (bicyclic) bond motifs is 1. The van der Waals surface area contributed by atoms with E-state index in [9.17, 15) is 0 Å². The molecule has 1 aliphatic heterocycles. The number of hydrogen-bond acceptors (Lipinski definition) is 4. The molecule has 0 saturated carbocycles. The summed E-state index contributed by atoms with van der Waals surface area (Å²) >= 11 is 0. The van der Waals surface area contributed by atoms with Crippen molar-refractivity contribution in [3.8, 4) is 28.4 Å². The lowest BCUT2D eigenvalue weighted by atomic mass is 10.1. The number of methoxy groups -OCH3 is 2. The molecular formula is C20H21N3O2. The van der Waals surface area contributed by atoms with Gasteiger partial charge in [0, 0.05) is 23.7 Å². The van der Waals surface area contributed by atoms with Crippen LogP contribution in [0.1, 0.15) is 11.1 Å². The van der Waals surface area contributed by atoms with Crippen LogP contribution in [-0.2, 0) is 6.42 Å². The Morgan fingerprint density at radius 1 is 1.04 bits per heavy atom. The molecule has 0 saturated heterocycles. The van der Waals surface area contributed by atoms with Gasteiger partial charge < -0.3 is 14.8 Å². The molecule has 0 bridgehead atoms. The maximum Gasteiger partial charge on any atom is 0.133 e. The Morgan fingerprint density at radius 2 is 1.84 bits per heavy atom. The topological polar surface area (TPSA) is 48.3 Å². The van der Waals surface area contributed by atoms with Gasteiger partial charge in [0.1, 0.15) is 23.0 Å². The van der Waals surface area contributed by atoms with E-state index in [-0.39, 0.29) is 0 Å². The van der Waals surface area contributed by atoms with Gasteiger partial charge in [-0.1, -0.05) is 17.7 Å². The molecule has 25 heavy (non-hydrogen) atoms. The largest absolute Gasteiger partial charge is 0.497 e. The number of benzene rings is 2. The van der Waals surface area contributed by atoms with E-state index < -0.39 is 0 Å². The van der Waals surface area contributed by atoms with Gasteiger partial charge in [-0.3, -0.25) is 0 Å². The summed E-state index contributed by atoms with van der Waals surface area (Å²) in [7, 11) is 3.33. The van der Waals surface area contributed by atoms with Crippen molar-refractivity contribution in [3.05, 3.63) is 53.6 Å². The molecule has 3 aromatic rings. The van der Waals surface area contributed by atoms with Gasteiger partial charge in [-0.25, -0.2) is 4.68 Å². The van der Waals surface area contributed by atoms with E-state index in [0.717, 1.165) is 47.2 Å². The van der Waals surface area contributed by atoms with Gasteiger partial charge in [-0.15, -0.1) is 0 Å². The molecule has 5 nitrogen and oxygen atoms in total. The van der Waals surface area contributed by atoms with Crippen molar-refractivity contribution in [2.75, 3.05) is 26.1 Å². The van der Waals surface area contributed by atoms with Crippen LogP contribution in [0.2, 0.25) is 0 Å². The highest BCUT2D eigenvalue weighted by Gasteiger charge is 2.25. The zero-order valence-corrected chi connectivity index (χ0v) is 14.7. The minimum atomic E-state index is 0.766. The molecule has 0 aliphatic carbocycles. The van der Waals surface area contributed by atoms with E-state index >= 15 is 0 Å². The number of nitrogens with one attached hydrogen (secondary N) is 1. The molecule has 0 amide bonds. The number of hydrogen-bond donors (Lipinski definition) is 1. The molecule has 0 spiro atoms. The summed E-state index contributed by atoms with van der Waals surface area (Å²) in [6, 6.07) is 14.2. The standard InChI is InChI=1S/C20H21N3O2/c1-13-4-6-14(7-5-13)23-20-17(10-11-21-20)19(22-23)16-9-8-15(24-2)12-18(16)25-3/h4-9,12,21H,10-11H2,1-3H3. The van der Waals surface area contributed by atoms with Crippen LogP contribution >= 0.6 is 0 Å². The van der Waals surface area contributed by atoms with Gasteiger partial charge in [0.2, 0.25) is 0 Å². The van der Waals surface area contributed by atoms with Gasteiger partial charge in [0.25, 0.3) is 0 Å². The molecule has 2 heterocycles. The molecule has 4 rings (SSSR count). The van der Waals surface area contributed by atoms with Crippen molar-refractivity contribution in [1.29, 1.82) is 0 Å². The predicted octanol–water partition coefficient (Wildman–Crippen LogP) is 3.83. The highest BCUT2D eigenvalue weighted by molar-refractivity contribution is 5.77. The summed E-state index contributed by atoms with van der Waals surface area (Å²) in [6.45, 7) is 3.01. The summed E-state index contributed by atoms with van der Waals surface area (Å²) in [5.74, 6) is 2.60. The summed E-state index contributed by atoms with van der Waals surface area (Å²) in [5, 5.41) is 8.37. The monoisotopic (exact) mass is 335 g/mol. The third-order valence-electron chi connectivity index (χ3n) is 4.59. The van der Waals surface area contributed by atoms with Gasteiger partial charge in [-0.2, -0.15) is 5.10 Å². The van der Waals surface area contributed by atoms with Gasteiger partial charge >= 0.3 is 0 Å². The average Bonchev–Trinajstić information content (AvgIpc) is 3.25. The fourth-order valence-corrected chi connectivity index (χ4v) is 3.26. The molecule has 0 unspecified atom stereocenters. The quantitative estimate of drug-likeness (QED) is 0.787. The number of nitrogens with zero attached hydrogens (tertiary/aromatic N) is 2. The lowest BCUT2D eigenvalue weighted by Gasteiger charge is -2.10. The molecule has 5 heteroatoms. The van der Waals surface area contributed by atoms with Crippen molar-refractivity contribution < 1.29 is 9.47 Å². The zero-order chi connectivity index (χ0) is 17.4. The van der Waals surface area contributed by atoms with E-state index in [4.69, 9.17) is 14.6 Å². The maximum atomic E-state index is 5.58. The fraction of sp³-hybridized carbons (Fsp3) is 0.250. The van der Waals surface area contributed by atoms with E-state index in [0.29, 0.717) is 0 Å². The molecular weight excluding hydrogens is 314 g/mol. The van der Waals surface area contributed by atoms with E-state index in [1.54, 1.807) is 14.2 Å². The van der Waals surface area contributed by atoms with Crippen LogP contribution in [-0.4, -0.2) is 30.5 Å². The SMILES string of the molecule is COc1ccc(-c2nn(-c3ccc(C)cc3)c3c2CCN3)c(OC)c1. The number of rotatable bonds is 4. The average molecular weight is 335 g/mol. The van der Waals surface area contributed by atoms with Gasteiger partial charge in [0.05, 0.1) is 19.9 Å². The smallest absolute Gasteiger partial charge is 0.133 e. The van der Waals surface area contributed by atoms with Crippen molar-refractivity contribution in [3.63, 3.8) is 0 Å². The third kappa shape index (κ3) is 2.61. The first kappa shape index (κ1) is 15.6. The normalized spacial score (nSPS) is 12.6. The molecule has 2 aromatic carbocycles. The third-order valence-corrected chi connectivity index (χ3v) is 4.59. The first-order chi connectivity index (χ1) is 12.2. The molecule has 0 radical (unpaired) electrons.